The molecule has 1 aliphatic rings. The minimum Gasteiger partial charge on any atom is -0.311 e. The zero-order valence-electron chi connectivity index (χ0n) is 11.8. The number of aromatic nitrogens is 2. The van der Waals surface area contributed by atoms with Gasteiger partial charge in [0.2, 0.25) is 0 Å². The van der Waals surface area contributed by atoms with E-state index in [1.54, 1.807) is 0 Å². The van der Waals surface area contributed by atoms with Crippen LogP contribution in [0, 0.1) is 5.41 Å². The number of rotatable bonds is 4. The van der Waals surface area contributed by atoms with E-state index in [0.29, 0.717) is 17.5 Å². The number of nitrogens with one attached hydrogen (secondary N) is 1. The molecule has 0 saturated heterocycles. The van der Waals surface area contributed by atoms with E-state index in [2.05, 4.69) is 58.8 Å². The topological polar surface area (TPSA) is 29.9 Å². The van der Waals surface area contributed by atoms with Crippen molar-refractivity contribution in [2.45, 2.75) is 58.5 Å². The molecule has 4 heteroatoms. The van der Waals surface area contributed by atoms with Crippen LogP contribution in [0.2, 0.25) is 0 Å². The molecule has 1 aliphatic carbocycles. The lowest BCUT2D eigenvalue weighted by atomic mass is 9.79. The van der Waals surface area contributed by atoms with E-state index in [9.17, 15) is 0 Å². The van der Waals surface area contributed by atoms with E-state index in [-0.39, 0.29) is 0 Å². The van der Waals surface area contributed by atoms with Gasteiger partial charge in [0, 0.05) is 6.04 Å². The monoisotopic (exact) mass is 313 g/mol. The van der Waals surface area contributed by atoms with Gasteiger partial charge in [0.25, 0.3) is 0 Å². The predicted octanol–water partition coefficient (Wildman–Crippen LogP) is 4.07. The van der Waals surface area contributed by atoms with E-state index in [0.717, 1.165) is 4.47 Å². The molecule has 1 aromatic rings. The molecule has 1 heterocycles. The molecule has 0 bridgehead atoms. The van der Waals surface area contributed by atoms with Gasteiger partial charge in [-0.25, -0.2) is 0 Å². The van der Waals surface area contributed by atoms with Crippen molar-refractivity contribution in [1.29, 1.82) is 0 Å². The first-order chi connectivity index (χ1) is 8.49. The second kappa shape index (κ2) is 5.33. The maximum atomic E-state index is 4.52. The van der Waals surface area contributed by atoms with E-state index < -0.39 is 0 Å². The summed E-state index contributed by atoms with van der Waals surface area (Å²) in [5.41, 5.74) is 1.65. The Balaban J connectivity index is 2.41. The molecule has 1 saturated carbocycles. The Labute approximate surface area is 118 Å². The molecule has 1 N–H and O–H groups in total. The summed E-state index contributed by atoms with van der Waals surface area (Å²) in [6, 6.07) is 0.770. The lowest BCUT2D eigenvalue weighted by Gasteiger charge is -2.35. The van der Waals surface area contributed by atoms with Crippen LogP contribution in [0.25, 0.3) is 0 Å². The van der Waals surface area contributed by atoms with Gasteiger partial charge in [0.1, 0.15) is 0 Å². The number of hydrogen-bond acceptors (Lipinski definition) is 2. The molecule has 18 heavy (non-hydrogen) atoms. The van der Waals surface area contributed by atoms with E-state index in [1.165, 1.54) is 31.4 Å². The largest absolute Gasteiger partial charge is 0.311 e. The molecule has 2 rings (SSSR count). The van der Waals surface area contributed by atoms with Gasteiger partial charge in [0.15, 0.2) is 0 Å². The summed E-state index contributed by atoms with van der Waals surface area (Å²) in [6.45, 7) is 6.78. The summed E-state index contributed by atoms with van der Waals surface area (Å²) in [4.78, 5) is 0. The van der Waals surface area contributed by atoms with Crippen LogP contribution in [0.15, 0.2) is 10.7 Å². The molecular weight excluding hydrogens is 290 g/mol. The fraction of sp³-hybridized carbons (Fsp3) is 0.786. The smallest absolute Gasteiger partial charge is 0.0704 e. The summed E-state index contributed by atoms with van der Waals surface area (Å²) >= 11 is 3.67. The summed E-state index contributed by atoms with van der Waals surface area (Å²) in [6.07, 6.45) is 7.23. The zero-order chi connectivity index (χ0) is 13.3. The fourth-order valence-corrected chi connectivity index (χ4v) is 3.82. The minimum absolute atomic E-state index is 0.351. The summed E-state index contributed by atoms with van der Waals surface area (Å²) in [5.74, 6) is 0. The van der Waals surface area contributed by atoms with Crippen molar-refractivity contribution in [3.63, 3.8) is 0 Å². The molecule has 0 radical (unpaired) electrons. The van der Waals surface area contributed by atoms with Crippen molar-refractivity contribution >= 4 is 15.9 Å². The molecule has 1 unspecified atom stereocenters. The first-order valence-corrected chi connectivity index (χ1v) is 7.69. The molecule has 0 amide bonds. The lowest BCUT2D eigenvalue weighted by molar-refractivity contribution is 0.219. The standard InChI is InChI=1S/C14H24BrN3/c1-10(2)18-12(11(15)9-17-18)13(16-4)14(3)7-5-6-8-14/h9-10,13,16H,5-8H2,1-4H3. The highest BCUT2D eigenvalue weighted by Crippen LogP contribution is 2.48. The highest BCUT2D eigenvalue weighted by molar-refractivity contribution is 9.10. The van der Waals surface area contributed by atoms with E-state index in [1.807, 2.05) is 6.20 Å². The fourth-order valence-electron chi connectivity index (χ4n) is 3.32. The third-order valence-corrected chi connectivity index (χ3v) is 4.89. The number of halogens is 1. The van der Waals surface area contributed by atoms with Gasteiger partial charge in [0.05, 0.1) is 22.4 Å². The molecule has 0 aromatic carbocycles. The van der Waals surface area contributed by atoms with Crippen LogP contribution in [0.5, 0.6) is 0 Å². The highest BCUT2D eigenvalue weighted by Gasteiger charge is 2.39. The van der Waals surface area contributed by atoms with Gasteiger partial charge >= 0.3 is 0 Å². The van der Waals surface area contributed by atoms with Gasteiger partial charge in [-0.05, 0) is 55.1 Å². The van der Waals surface area contributed by atoms with Crippen LogP contribution in [0.3, 0.4) is 0 Å². The summed E-state index contributed by atoms with van der Waals surface area (Å²) < 4.78 is 3.28. The number of nitrogens with zero attached hydrogens (tertiary/aromatic N) is 2. The Morgan fingerprint density at radius 2 is 2.00 bits per heavy atom. The maximum Gasteiger partial charge on any atom is 0.0704 e. The van der Waals surface area contributed by atoms with Crippen LogP contribution in [-0.4, -0.2) is 16.8 Å². The van der Waals surface area contributed by atoms with Crippen LogP contribution in [0.1, 0.15) is 64.2 Å². The molecule has 102 valence electrons. The van der Waals surface area contributed by atoms with Crippen molar-refractivity contribution < 1.29 is 0 Å². The normalized spacial score (nSPS) is 20.6. The minimum atomic E-state index is 0.351. The Hall–Kier alpha value is -0.350. The molecule has 1 fully saturated rings. The molecule has 3 nitrogen and oxygen atoms in total. The second-order valence-corrected chi connectivity index (χ2v) is 6.85. The Morgan fingerprint density at radius 1 is 1.39 bits per heavy atom. The highest BCUT2D eigenvalue weighted by atomic mass is 79.9. The van der Waals surface area contributed by atoms with Gasteiger partial charge in [-0.2, -0.15) is 5.10 Å². The molecule has 0 aliphatic heterocycles. The zero-order valence-corrected chi connectivity index (χ0v) is 13.4. The van der Waals surface area contributed by atoms with Crippen molar-refractivity contribution in [3.05, 3.63) is 16.4 Å². The quantitative estimate of drug-likeness (QED) is 0.908. The van der Waals surface area contributed by atoms with Crippen molar-refractivity contribution in [3.8, 4) is 0 Å². The summed E-state index contributed by atoms with van der Waals surface area (Å²) in [7, 11) is 2.07. The maximum absolute atomic E-state index is 4.52. The molecule has 1 aromatic heterocycles. The van der Waals surface area contributed by atoms with Gasteiger partial charge < -0.3 is 5.32 Å². The predicted molar refractivity (Wildman–Crippen MR) is 78.7 cm³/mol. The number of hydrogen-bond donors (Lipinski definition) is 1. The van der Waals surface area contributed by atoms with Gasteiger partial charge in [-0.3, -0.25) is 4.68 Å². The van der Waals surface area contributed by atoms with E-state index in [4.69, 9.17) is 0 Å². The average Bonchev–Trinajstić information content (AvgIpc) is 2.89. The lowest BCUT2D eigenvalue weighted by Crippen LogP contribution is -2.34. The molecule has 1 atom stereocenters. The first-order valence-electron chi connectivity index (χ1n) is 6.90. The molecular formula is C14H24BrN3. The van der Waals surface area contributed by atoms with Gasteiger partial charge in [-0.15, -0.1) is 0 Å². The first kappa shape index (κ1) is 14.1. The SMILES string of the molecule is CNC(c1c(Br)cnn1C(C)C)C1(C)CCCC1. The van der Waals surface area contributed by atoms with Crippen molar-refractivity contribution in [2.24, 2.45) is 5.41 Å². The Bertz CT molecular complexity index is 405. The summed E-state index contributed by atoms with van der Waals surface area (Å²) in [5, 5.41) is 8.05. The van der Waals surface area contributed by atoms with Crippen molar-refractivity contribution in [2.75, 3.05) is 7.05 Å². The van der Waals surface area contributed by atoms with Gasteiger partial charge in [-0.1, -0.05) is 19.8 Å². The van der Waals surface area contributed by atoms with E-state index >= 15 is 0 Å². The Kier molecular flexibility index (Phi) is 4.17. The Morgan fingerprint density at radius 3 is 2.50 bits per heavy atom. The average molecular weight is 314 g/mol. The third-order valence-electron chi connectivity index (χ3n) is 4.28. The second-order valence-electron chi connectivity index (χ2n) is 6.00. The molecule has 0 spiro atoms. The van der Waals surface area contributed by atoms with Crippen LogP contribution in [0.4, 0.5) is 0 Å². The van der Waals surface area contributed by atoms with Crippen molar-refractivity contribution in [1.82, 2.24) is 15.1 Å². The van der Waals surface area contributed by atoms with Crippen LogP contribution >= 0.6 is 15.9 Å². The van der Waals surface area contributed by atoms with Crippen LogP contribution < -0.4 is 5.32 Å². The third kappa shape index (κ3) is 2.37. The van der Waals surface area contributed by atoms with Crippen LogP contribution in [-0.2, 0) is 0 Å².